The molecule has 98 valence electrons. The summed E-state index contributed by atoms with van der Waals surface area (Å²) in [5.41, 5.74) is 0. The molecule has 5 heteroatoms. The van der Waals surface area contributed by atoms with E-state index in [0.29, 0.717) is 19.1 Å². The molecule has 1 aliphatic rings. The second-order valence-electron chi connectivity index (χ2n) is 4.41. The molecule has 17 heavy (non-hydrogen) atoms. The van der Waals surface area contributed by atoms with Crippen molar-refractivity contribution in [1.82, 2.24) is 9.80 Å². The van der Waals surface area contributed by atoms with Gasteiger partial charge in [-0.15, -0.1) is 0 Å². The molecule has 0 radical (unpaired) electrons. The standard InChI is InChI=1S/C12H22N2O3/c1-3-13(9-11(15)16)12(17)14(4-2)10-7-5-6-8-10/h10H,3-9H2,1-2H3,(H,15,16). The van der Waals surface area contributed by atoms with Crippen LogP contribution in [0, 0.1) is 0 Å². The van der Waals surface area contributed by atoms with Gasteiger partial charge in [-0.3, -0.25) is 4.79 Å². The first-order chi connectivity index (χ1) is 8.10. The van der Waals surface area contributed by atoms with Crippen molar-refractivity contribution in [1.29, 1.82) is 0 Å². The minimum absolute atomic E-state index is 0.135. The summed E-state index contributed by atoms with van der Waals surface area (Å²) in [5, 5.41) is 8.77. The number of urea groups is 1. The number of likely N-dealkylation sites (N-methyl/N-ethyl adjacent to an activating group) is 1. The van der Waals surface area contributed by atoms with Gasteiger partial charge >= 0.3 is 12.0 Å². The monoisotopic (exact) mass is 242 g/mol. The normalized spacial score (nSPS) is 15.9. The number of rotatable bonds is 5. The van der Waals surface area contributed by atoms with Gasteiger partial charge in [0.1, 0.15) is 6.54 Å². The maximum atomic E-state index is 12.2. The largest absolute Gasteiger partial charge is 0.480 e. The zero-order valence-electron chi connectivity index (χ0n) is 10.7. The number of nitrogens with zero attached hydrogens (tertiary/aromatic N) is 2. The average Bonchev–Trinajstić information content (AvgIpc) is 2.80. The van der Waals surface area contributed by atoms with Crippen molar-refractivity contribution in [3.8, 4) is 0 Å². The van der Waals surface area contributed by atoms with E-state index >= 15 is 0 Å². The molecule has 0 heterocycles. The molecule has 0 aromatic rings. The summed E-state index contributed by atoms with van der Waals surface area (Å²) in [4.78, 5) is 26.1. The molecule has 1 N–H and O–H groups in total. The van der Waals surface area contributed by atoms with Gasteiger partial charge < -0.3 is 14.9 Å². The average molecular weight is 242 g/mol. The van der Waals surface area contributed by atoms with E-state index in [-0.39, 0.29) is 12.6 Å². The van der Waals surface area contributed by atoms with E-state index in [0.717, 1.165) is 12.8 Å². The van der Waals surface area contributed by atoms with E-state index in [2.05, 4.69) is 0 Å². The number of carboxylic acids is 1. The molecule has 0 bridgehead atoms. The first-order valence-corrected chi connectivity index (χ1v) is 6.37. The summed E-state index contributed by atoms with van der Waals surface area (Å²) < 4.78 is 0. The fourth-order valence-corrected chi connectivity index (χ4v) is 2.43. The fraction of sp³-hybridized carbons (Fsp3) is 0.833. The molecule has 1 fully saturated rings. The smallest absolute Gasteiger partial charge is 0.323 e. The van der Waals surface area contributed by atoms with Crippen LogP contribution in [-0.2, 0) is 4.79 Å². The molecule has 0 atom stereocenters. The lowest BCUT2D eigenvalue weighted by Crippen LogP contribution is -2.48. The minimum atomic E-state index is -0.956. The van der Waals surface area contributed by atoms with E-state index in [1.807, 2.05) is 18.7 Å². The van der Waals surface area contributed by atoms with E-state index in [4.69, 9.17) is 5.11 Å². The molecule has 0 aliphatic heterocycles. The van der Waals surface area contributed by atoms with Crippen molar-refractivity contribution in [2.24, 2.45) is 0 Å². The van der Waals surface area contributed by atoms with Crippen LogP contribution in [0.25, 0.3) is 0 Å². The zero-order valence-corrected chi connectivity index (χ0v) is 10.7. The van der Waals surface area contributed by atoms with Gasteiger partial charge in [0.05, 0.1) is 0 Å². The van der Waals surface area contributed by atoms with Crippen LogP contribution in [-0.4, -0.2) is 52.6 Å². The van der Waals surface area contributed by atoms with Crippen molar-refractivity contribution in [3.05, 3.63) is 0 Å². The van der Waals surface area contributed by atoms with Crippen molar-refractivity contribution in [3.63, 3.8) is 0 Å². The van der Waals surface area contributed by atoms with Gasteiger partial charge in [0.25, 0.3) is 0 Å². The molecule has 0 spiro atoms. The number of aliphatic carboxylic acids is 1. The number of amides is 2. The van der Waals surface area contributed by atoms with Crippen molar-refractivity contribution in [2.45, 2.75) is 45.6 Å². The number of hydrogen-bond donors (Lipinski definition) is 1. The van der Waals surface area contributed by atoms with Gasteiger partial charge in [-0.05, 0) is 26.7 Å². The maximum absolute atomic E-state index is 12.2. The topological polar surface area (TPSA) is 60.9 Å². The molecular weight excluding hydrogens is 220 g/mol. The Balaban J connectivity index is 2.65. The van der Waals surface area contributed by atoms with Gasteiger partial charge in [0, 0.05) is 19.1 Å². The molecule has 5 nitrogen and oxygen atoms in total. The van der Waals surface area contributed by atoms with Gasteiger partial charge in [-0.2, -0.15) is 0 Å². The lowest BCUT2D eigenvalue weighted by Gasteiger charge is -2.32. The third kappa shape index (κ3) is 3.61. The molecule has 1 saturated carbocycles. The lowest BCUT2D eigenvalue weighted by molar-refractivity contribution is -0.137. The van der Waals surface area contributed by atoms with Crippen LogP contribution < -0.4 is 0 Å². The van der Waals surface area contributed by atoms with Gasteiger partial charge in [-0.25, -0.2) is 4.79 Å². The molecule has 1 aliphatic carbocycles. The Hall–Kier alpha value is -1.26. The molecule has 2 amide bonds. The Morgan fingerprint density at radius 3 is 2.18 bits per heavy atom. The second-order valence-corrected chi connectivity index (χ2v) is 4.41. The molecule has 0 saturated heterocycles. The van der Waals surface area contributed by atoms with Crippen LogP contribution >= 0.6 is 0 Å². The highest BCUT2D eigenvalue weighted by Crippen LogP contribution is 2.24. The fourth-order valence-electron chi connectivity index (χ4n) is 2.43. The third-order valence-electron chi connectivity index (χ3n) is 3.33. The predicted octanol–water partition coefficient (Wildman–Crippen LogP) is 1.78. The summed E-state index contributed by atoms with van der Waals surface area (Å²) >= 11 is 0. The molecule has 0 unspecified atom stereocenters. The summed E-state index contributed by atoms with van der Waals surface area (Å²) in [6.45, 7) is 4.64. The van der Waals surface area contributed by atoms with Crippen molar-refractivity contribution in [2.75, 3.05) is 19.6 Å². The Morgan fingerprint density at radius 2 is 1.76 bits per heavy atom. The highest BCUT2D eigenvalue weighted by Gasteiger charge is 2.28. The molecule has 0 aromatic heterocycles. The molecule has 0 aromatic carbocycles. The maximum Gasteiger partial charge on any atom is 0.323 e. The highest BCUT2D eigenvalue weighted by atomic mass is 16.4. The van der Waals surface area contributed by atoms with Gasteiger partial charge in [0.2, 0.25) is 0 Å². The Bertz CT molecular complexity index is 275. The zero-order chi connectivity index (χ0) is 12.8. The van der Waals surface area contributed by atoms with E-state index in [1.54, 1.807) is 0 Å². The quantitative estimate of drug-likeness (QED) is 0.799. The summed E-state index contributed by atoms with van der Waals surface area (Å²) in [6, 6.07) is 0.166. The first kappa shape index (κ1) is 13.8. The van der Waals surface area contributed by atoms with E-state index in [9.17, 15) is 9.59 Å². The summed E-state index contributed by atoms with van der Waals surface area (Å²) in [6.07, 6.45) is 4.42. The van der Waals surface area contributed by atoms with Crippen molar-refractivity contribution >= 4 is 12.0 Å². The first-order valence-electron chi connectivity index (χ1n) is 6.37. The van der Waals surface area contributed by atoms with Crippen LogP contribution in [0.1, 0.15) is 39.5 Å². The van der Waals surface area contributed by atoms with E-state index in [1.165, 1.54) is 17.7 Å². The number of carboxylic acid groups (broad SMARTS) is 1. The van der Waals surface area contributed by atoms with Crippen molar-refractivity contribution < 1.29 is 14.7 Å². The molecule has 1 rings (SSSR count). The lowest BCUT2D eigenvalue weighted by atomic mass is 10.2. The number of hydrogen-bond acceptors (Lipinski definition) is 2. The Kier molecular flexibility index (Phi) is 5.25. The van der Waals surface area contributed by atoms with Crippen LogP contribution in [0.4, 0.5) is 4.79 Å². The number of carbonyl (C=O) groups excluding carboxylic acids is 1. The van der Waals surface area contributed by atoms with Crippen LogP contribution in [0.15, 0.2) is 0 Å². The number of carbonyl (C=O) groups is 2. The minimum Gasteiger partial charge on any atom is -0.480 e. The Morgan fingerprint density at radius 1 is 1.18 bits per heavy atom. The summed E-state index contributed by atoms with van der Waals surface area (Å²) in [5.74, 6) is -0.956. The van der Waals surface area contributed by atoms with Crippen LogP contribution in [0.2, 0.25) is 0 Å². The van der Waals surface area contributed by atoms with Gasteiger partial charge in [-0.1, -0.05) is 12.8 Å². The van der Waals surface area contributed by atoms with Crippen LogP contribution in [0.3, 0.4) is 0 Å². The van der Waals surface area contributed by atoms with E-state index < -0.39 is 5.97 Å². The van der Waals surface area contributed by atoms with Gasteiger partial charge in [0.15, 0.2) is 0 Å². The molecular formula is C12H22N2O3. The third-order valence-corrected chi connectivity index (χ3v) is 3.33. The highest BCUT2D eigenvalue weighted by molar-refractivity contribution is 5.80. The Labute approximate surface area is 102 Å². The summed E-state index contributed by atoms with van der Waals surface area (Å²) in [7, 11) is 0. The van der Waals surface area contributed by atoms with Crippen LogP contribution in [0.5, 0.6) is 0 Å². The predicted molar refractivity (Wildman–Crippen MR) is 64.9 cm³/mol. The second kappa shape index (κ2) is 6.47. The SMILES string of the molecule is CCN(CC(=O)O)C(=O)N(CC)C1CCCC1.